The van der Waals surface area contributed by atoms with Crippen molar-refractivity contribution in [3.63, 3.8) is 0 Å². The van der Waals surface area contributed by atoms with Crippen molar-refractivity contribution >= 4 is 23.4 Å². The van der Waals surface area contributed by atoms with E-state index in [9.17, 15) is 0 Å². The minimum absolute atomic E-state index is 0.249. The molecule has 0 N–H and O–H groups in total. The molecule has 0 saturated carbocycles. The molecule has 24 heavy (non-hydrogen) atoms. The minimum Gasteiger partial charge on any atom is -0.192 e. The maximum atomic E-state index is 8.90. The summed E-state index contributed by atoms with van der Waals surface area (Å²) in [5.74, 6) is 0.883. The fourth-order valence-electron chi connectivity index (χ4n) is 2.51. The van der Waals surface area contributed by atoms with Gasteiger partial charge in [-0.3, -0.25) is 0 Å². The number of benzene rings is 3. The second kappa shape index (κ2) is 8.06. The number of hydrogen-bond acceptors (Lipinski definition) is 2. The van der Waals surface area contributed by atoms with E-state index >= 15 is 0 Å². The largest absolute Gasteiger partial charge is 0.192 e. The summed E-state index contributed by atoms with van der Waals surface area (Å²) >= 11 is 7.90. The van der Waals surface area contributed by atoms with Gasteiger partial charge in [-0.1, -0.05) is 66.2 Å². The predicted molar refractivity (Wildman–Crippen MR) is 102 cm³/mol. The second-order valence-corrected chi connectivity index (χ2v) is 6.99. The van der Waals surface area contributed by atoms with Crippen LogP contribution in [0.2, 0.25) is 5.02 Å². The quantitative estimate of drug-likeness (QED) is 0.544. The smallest absolute Gasteiger partial charge is 0.0991 e. The molecule has 0 spiro atoms. The molecule has 3 aromatic rings. The highest BCUT2D eigenvalue weighted by Crippen LogP contribution is 2.37. The number of halogens is 1. The van der Waals surface area contributed by atoms with Crippen molar-refractivity contribution in [2.24, 2.45) is 0 Å². The lowest BCUT2D eigenvalue weighted by molar-refractivity contribution is 1.15. The standard InChI is InChI=1S/C21H16ClNS/c22-20-12-10-19(11-13-20)21(18-4-2-1-3-5-18)24-15-17-8-6-16(14-23)7-9-17/h1-13,21H,15H2/t21-/m1/s1. The third kappa shape index (κ3) is 4.20. The van der Waals surface area contributed by atoms with E-state index in [0.717, 1.165) is 10.8 Å². The van der Waals surface area contributed by atoms with E-state index in [1.54, 1.807) is 0 Å². The minimum atomic E-state index is 0.249. The molecular formula is C21H16ClNS. The molecule has 0 saturated heterocycles. The number of nitriles is 1. The van der Waals surface area contributed by atoms with Gasteiger partial charge in [0.15, 0.2) is 0 Å². The first kappa shape index (κ1) is 16.6. The van der Waals surface area contributed by atoms with E-state index in [-0.39, 0.29) is 5.25 Å². The molecule has 3 rings (SSSR count). The van der Waals surface area contributed by atoms with Crippen molar-refractivity contribution in [1.82, 2.24) is 0 Å². The average molecular weight is 350 g/mol. The molecule has 0 aromatic heterocycles. The predicted octanol–water partition coefficient (Wildman–Crippen LogP) is 6.23. The molecule has 0 aliphatic rings. The van der Waals surface area contributed by atoms with Crippen LogP contribution >= 0.6 is 23.4 Å². The van der Waals surface area contributed by atoms with Crippen molar-refractivity contribution in [3.8, 4) is 6.07 Å². The van der Waals surface area contributed by atoms with Crippen molar-refractivity contribution in [1.29, 1.82) is 5.26 Å². The molecule has 1 nitrogen and oxygen atoms in total. The Morgan fingerprint density at radius 1 is 0.833 bits per heavy atom. The second-order valence-electron chi connectivity index (χ2n) is 5.46. The van der Waals surface area contributed by atoms with Crippen molar-refractivity contribution in [2.75, 3.05) is 0 Å². The Labute approximate surface area is 151 Å². The van der Waals surface area contributed by atoms with E-state index < -0.39 is 0 Å². The Bertz CT molecular complexity index is 820. The molecule has 118 valence electrons. The van der Waals surface area contributed by atoms with Crippen LogP contribution in [-0.2, 0) is 5.75 Å². The Balaban J connectivity index is 1.82. The first-order chi connectivity index (χ1) is 11.8. The van der Waals surface area contributed by atoms with Crippen LogP contribution in [0.15, 0.2) is 78.9 Å². The zero-order valence-corrected chi connectivity index (χ0v) is 14.6. The fourth-order valence-corrected chi connectivity index (χ4v) is 3.88. The highest BCUT2D eigenvalue weighted by molar-refractivity contribution is 7.98. The maximum absolute atomic E-state index is 8.90. The maximum Gasteiger partial charge on any atom is 0.0991 e. The summed E-state index contributed by atoms with van der Waals surface area (Å²) in [7, 11) is 0. The lowest BCUT2D eigenvalue weighted by Gasteiger charge is -2.18. The fraction of sp³-hybridized carbons (Fsp3) is 0.0952. The molecule has 0 amide bonds. The monoisotopic (exact) mass is 349 g/mol. The number of nitrogens with zero attached hydrogens (tertiary/aromatic N) is 1. The average Bonchev–Trinajstić information content (AvgIpc) is 2.65. The summed E-state index contributed by atoms with van der Waals surface area (Å²) in [5.41, 5.74) is 4.43. The third-order valence-corrected chi connectivity index (χ3v) is 5.40. The van der Waals surface area contributed by atoms with Gasteiger partial charge in [0.2, 0.25) is 0 Å². The van der Waals surface area contributed by atoms with E-state index in [0.29, 0.717) is 5.56 Å². The van der Waals surface area contributed by atoms with Gasteiger partial charge >= 0.3 is 0 Å². The van der Waals surface area contributed by atoms with Gasteiger partial charge in [-0.25, -0.2) is 0 Å². The Morgan fingerprint density at radius 3 is 2.08 bits per heavy atom. The summed E-state index contributed by atoms with van der Waals surface area (Å²) in [6.45, 7) is 0. The summed E-state index contributed by atoms with van der Waals surface area (Å²) in [5, 5.41) is 9.90. The van der Waals surface area contributed by atoms with E-state index in [2.05, 4.69) is 42.5 Å². The van der Waals surface area contributed by atoms with Crippen molar-refractivity contribution in [3.05, 3.63) is 106 Å². The Morgan fingerprint density at radius 2 is 1.46 bits per heavy atom. The Kier molecular flexibility index (Phi) is 5.59. The van der Waals surface area contributed by atoms with Crippen molar-refractivity contribution < 1.29 is 0 Å². The number of hydrogen-bond donors (Lipinski definition) is 0. The first-order valence-corrected chi connectivity index (χ1v) is 9.10. The van der Waals surface area contributed by atoms with Crippen LogP contribution in [0.4, 0.5) is 0 Å². The van der Waals surface area contributed by atoms with Crippen LogP contribution in [0.1, 0.15) is 27.5 Å². The van der Waals surface area contributed by atoms with Crippen LogP contribution in [0.3, 0.4) is 0 Å². The Hall–Kier alpha value is -2.21. The van der Waals surface area contributed by atoms with Crippen LogP contribution in [-0.4, -0.2) is 0 Å². The van der Waals surface area contributed by atoms with Gasteiger partial charge in [0.05, 0.1) is 16.9 Å². The lowest BCUT2D eigenvalue weighted by atomic mass is 10.0. The summed E-state index contributed by atoms with van der Waals surface area (Å²) in [4.78, 5) is 0. The van der Waals surface area contributed by atoms with E-state index in [1.165, 1.54) is 16.7 Å². The molecule has 0 aliphatic heterocycles. The molecule has 3 aromatic carbocycles. The zero-order chi connectivity index (χ0) is 16.8. The van der Waals surface area contributed by atoms with Gasteiger partial charge in [0, 0.05) is 10.8 Å². The van der Waals surface area contributed by atoms with Gasteiger partial charge in [0.25, 0.3) is 0 Å². The van der Waals surface area contributed by atoms with Gasteiger partial charge in [0.1, 0.15) is 0 Å². The van der Waals surface area contributed by atoms with Gasteiger partial charge < -0.3 is 0 Å². The van der Waals surface area contributed by atoms with Crippen LogP contribution in [0.5, 0.6) is 0 Å². The zero-order valence-electron chi connectivity index (χ0n) is 13.0. The highest BCUT2D eigenvalue weighted by atomic mass is 35.5. The number of thioether (sulfide) groups is 1. The summed E-state index contributed by atoms with van der Waals surface area (Å²) in [6, 6.07) is 28.5. The van der Waals surface area contributed by atoms with Crippen molar-refractivity contribution in [2.45, 2.75) is 11.0 Å². The van der Waals surface area contributed by atoms with Gasteiger partial charge in [-0.15, -0.1) is 11.8 Å². The molecule has 0 bridgehead atoms. The van der Waals surface area contributed by atoms with Crippen LogP contribution in [0, 0.1) is 11.3 Å². The number of rotatable bonds is 5. The molecular weight excluding hydrogens is 334 g/mol. The summed E-state index contributed by atoms with van der Waals surface area (Å²) < 4.78 is 0. The van der Waals surface area contributed by atoms with E-state index in [1.807, 2.05) is 54.2 Å². The van der Waals surface area contributed by atoms with Crippen LogP contribution < -0.4 is 0 Å². The molecule has 3 heteroatoms. The van der Waals surface area contributed by atoms with Gasteiger partial charge in [-0.05, 0) is 41.0 Å². The lowest BCUT2D eigenvalue weighted by Crippen LogP contribution is -1.97. The molecule has 0 unspecified atom stereocenters. The molecule has 0 fully saturated rings. The van der Waals surface area contributed by atoms with E-state index in [4.69, 9.17) is 16.9 Å². The first-order valence-electron chi connectivity index (χ1n) is 7.67. The molecule has 0 aliphatic carbocycles. The summed E-state index contributed by atoms with van der Waals surface area (Å²) in [6.07, 6.45) is 0. The topological polar surface area (TPSA) is 23.8 Å². The molecule has 0 radical (unpaired) electrons. The SMILES string of the molecule is N#Cc1ccc(CS[C@H](c2ccccc2)c2ccc(Cl)cc2)cc1. The van der Waals surface area contributed by atoms with Gasteiger partial charge in [-0.2, -0.15) is 5.26 Å². The third-order valence-electron chi connectivity index (χ3n) is 3.77. The van der Waals surface area contributed by atoms with Crippen LogP contribution in [0.25, 0.3) is 0 Å². The highest BCUT2D eigenvalue weighted by Gasteiger charge is 2.14. The normalized spacial score (nSPS) is 11.7. The molecule has 0 heterocycles. The molecule has 1 atom stereocenters.